The van der Waals surface area contributed by atoms with E-state index in [-0.39, 0.29) is 0 Å². The average Bonchev–Trinajstić information content (AvgIpc) is 2.20. The van der Waals surface area contributed by atoms with Gasteiger partial charge in [-0.1, -0.05) is 13.8 Å². The van der Waals surface area contributed by atoms with Crippen LogP contribution in [0.3, 0.4) is 0 Å². The molecule has 1 unspecified atom stereocenters. The van der Waals surface area contributed by atoms with Gasteiger partial charge in [-0.3, -0.25) is 5.43 Å². The van der Waals surface area contributed by atoms with E-state index in [0.717, 1.165) is 13.1 Å². The van der Waals surface area contributed by atoms with Crippen LogP contribution in [-0.4, -0.2) is 60.7 Å². The third-order valence-electron chi connectivity index (χ3n) is 3.48. The molecule has 2 aliphatic heterocycles. The van der Waals surface area contributed by atoms with Crippen molar-refractivity contribution in [2.24, 2.45) is 5.41 Å². The second kappa shape index (κ2) is 5.25. The van der Waals surface area contributed by atoms with Gasteiger partial charge in [0, 0.05) is 38.0 Å². The zero-order valence-electron chi connectivity index (χ0n) is 10.8. The van der Waals surface area contributed by atoms with Crippen LogP contribution in [0.25, 0.3) is 0 Å². The fraction of sp³-hybridized carbons (Fsp3) is 1.00. The molecule has 2 heterocycles. The van der Waals surface area contributed by atoms with Gasteiger partial charge in [0.25, 0.3) is 0 Å². The second-order valence-electron chi connectivity index (χ2n) is 6.00. The van der Waals surface area contributed by atoms with E-state index in [0.29, 0.717) is 11.5 Å². The number of nitrogens with one attached hydrogen (secondary N) is 1. The summed E-state index contributed by atoms with van der Waals surface area (Å²) in [5, 5.41) is 2.42. The highest BCUT2D eigenvalue weighted by Gasteiger charge is 2.29. The highest BCUT2D eigenvalue weighted by Crippen LogP contribution is 2.33. The Morgan fingerprint density at radius 1 is 1.19 bits per heavy atom. The van der Waals surface area contributed by atoms with Gasteiger partial charge in [0.15, 0.2) is 0 Å². The zero-order valence-corrected chi connectivity index (χ0v) is 11.6. The zero-order chi connectivity index (χ0) is 11.6. The Hall–Kier alpha value is 0.230. The van der Waals surface area contributed by atoms with Crippen molar-refractivity contribution in [3.63, 3.8) is 0 Å². The lowest BCUT2D eigenvalue weighted by atomic mass is 9.88. The SMILES string of the molecule is CN1CCN(NC2CSCC(C)(C)C2)CC1. The fourth-order valence-electron chi connectivity index (χ4n) is 2.54. The van der Waals surface area contributed by atoms with Crippen LogP contribution >= 0.6 is 11.8 Å². The van der Waals surface area contributed by atoms with E-state index in [1.165, 1.54) is 31.0 Å². The molecule has 2 aliphatic rings. The topological polar surface area (TPSA) is 18.5 Å². The van der Waals surface area contributed by atoms with Crippen LogP contribution in [0.15, 0.2) is 0 Å². The van der Waals surface area contributed by atoms with Crippen molar-refractivity contribution in [1.82, 2.24) is 15.3 Å². The molecule has 2 rings (SSSR count). The summed E-state index contributed by atoms with van der Waals surface area (Å²) in [7, 11) is 2.21. The first kappa shape index (κ1) is 12.7. The van der Waals surface area contributed by atoms with Crippen LogP contribution in [0, 0.1) is 5.41 Å². The normalized spacial score (nSPS) is 32.8. The Labute approximate surface area is 104 Å². The molecule has 94 valence electrons. The Morgan fingerprint density at radius 3 is 2.50 bits per heavy atom. The molecule has 1 N–H and O–H groups in total. The van der Waals surface area contributed by atoms with Gasteiger partial charge >= 0.3 is 0 Å². The van der Waals surface area contributed by atoms with Crippen LogP contribution < -0.4 is 5.43 Å². The molecule has 0 spiro atoms. The van der Waals surface area contributed by atoms with Crippen molar-refractivity contribution >= 4 is 11.8 Å². The van der Waals surface area contributed by atoms with Gasteiger partial charge in [-0.05, 0) is 24.6 Å². The lowest BCUT2D eigenvalue weighted by molar-refractivity contribution is 0.0809. The molecule has 0 saturated carbocycles. The van der Waals surface area contributed by atoms with E-state index < -0.39 is 0 Å². The molecule has 0 aromatic rings. The number of hydrogen-bond donors (Lipinski definition) is 1. The van der Waals surface area contributed by atoms with Gasteiger partial charge in [0.05, 0.1) is 0 Å². The minimum Gasteiger partial charge on any atom is -0.304 e. The minimum absolute atomic E-state index is 0.507. The number of thioether (sulfide) groups is 1. The molecule has 0 radical (unpaired) electrons. The van der Waals surface area contributed by atoms with Gasteiger partial charge in [0.1, 0.15) is 0 Å². The van der Waals surface area contributed by atoms with E-state index in [9.17, 15) is 0 Å². The molecule has 4 heteroatoms. The third kappa shape index (κ3) is 3.62. The number of rotatable bonds is 2. The molecular weight excluding hydrogens is 218 g/mol. The van der Waals surface area contributed by atoms with Crippen LogP contribution in [0.2, 0.25) is 0 Å². The fourth-order valence-corrected chi connectivity index (χ4v) is 3.80. The molecule has 0 aromatic carbocycles. The summed E-state index contributed by atoms with van der Waals surface area (Å²) in [5.74, 6) is 2.59. The van der Waals surface area contributed by atoms with Crippen molar-refractivity contribution in [3.8, 4) is 0 Å². The van der Waals surface area contributed by atoms with Gasteiger partial charge in [0.2, 0.25) is 0 Å². The summed E-state index contributed by atoms with van der Waals surface area (Å²) in [4.78, 5) is 2.40. The standard InChI is InChI=1S/C12H25N3S/c1-12(2)8-11(9-16-10-12)13-15-6-4-14(3)5-7-15/h11,13H,4-10H2,1-3H3. The van der Waals surface area contributed by atoms with Crippen LogP contribution in [0.5, 0.6) is 0 Å². The summed E-state index contributed by atoms with van der Waals surface area (Å²) >= 11 is 2.10. The summed E-state index contributed by atoms with van der Waals surface area (Å²) in [5.41, 5.74) is 4.23. The summed E-state index contributed by atoms with van der Waals surface area (Å²) < 4.78 is 0. The van der Waals surface area contributed by atoms with E-state index in [4.69, 9.17) is 0 Å². The van der Waals surface area contributed by atoms with Crippen molar-refractivity contribution < 1.29 is 0 Å². The van der Waals surface area contributed by atoms with Gasteiger partial charge in [-0.2, -0.15) is 11.8 Å². The number of hydrazine groups is 1. The smallest absolute Gasteiger partial charge is 0.0311 e. The van der Waals surface area contributed by atoms with Crippen molar-refractivity contribution in [2.45, 2.75) is 26.3 Å². The maximum atomic E-state index is 3.72. The lowest BCUT2D eigenvalue weighted by Crippen LogP contribution is -2.55. The predicted octanol–water partition coefficient (Wildman–Crippen LogP) is 1.27. The van der Waals surface area contributed by atoms with E-state index in [2.05, 4.69) is 48.0 Å². The van der Waals surface area contributed by atoms with Crippen LogP contribution in [0.4, 0.5) is 0 Å². The molecule has 1 atom stereocenters. The van der Waals surface area contributed by atoms with Crippen molar-refractivity contribution in [2.75, 3.05) is 44.7 Å². The van der Waals surface area contributed by atoms with E-state index in [1.54, 1.807) is 0 Å². The van der Waals surface area contributed by atoms with Crippen molar-refractivity contribution in [3.05, 3.63) is 0 Å². The number of piperazine rings is 1. The number of nitrogens with zero attached hydrogens (tertiary/aromatic N) is 2. The lowest BCUT2D eigenvalue weighted by Gasteiger charge is -2.40. The first-order valence-corrected chi connectivity index (χ1v) is 7.48. The van der Waals surface area contributed by atoms with Gasteiger partial charge < -0.3 is 4.90 Å². The average molecular weight is 243 g/mol. The molecule has 0 aliphatic carbocycles. The summed E-state index contributed by atoms with van der Waals surface area (Å²) in [6, 6.07) is 0.678. The largest absolute Gasteiger partial charge is 0.304 e. The monoisotopic (exact) mass is 243 g/mol. The Balaban J connectivity index is 1.76. The van der Waals surface area contributed by atoms with E-state index in [1.807, 2.05) is 0 Å². The van der Waals surface area contributed by atoms with Gasteiger partial charge in [-0.15, -0.1) is 0 Å². The Kier molecular flexibility index (Phi) is 4.16. The maximum Gasteiger partial charge on any atom is 0.0311 e. The molecule has 0 amide bonds. The predicted molar refractivity (Wildman–Crippen MR) is 71.7 cm³/mol. The quantitative estimate of drug-likeness (QED) is 0.787. The molecule has 3 nitrogen and oxygen atoms in total. The molecule has 16 heavy (non-hydrogen) atoms. The van der Waals surface area contributed by atoms with Crippen LogP contribution in [-0.2, 0) is 0 Å². The Morgan fingerprint density at radius 2 is 1.88 bits per heavy atom. The second-order valence-corrected chi connectivity index (χ2v) is 7.03. The van der Waals surface area contributed by atoms with Crippen molar-refractivity contribution in [1.29, 1.82) is 0 Å². The van der Waals surface area contributed by atoms with Gasteiger partial charge in [-0.25, -0.2) is 5.01 Å². The highest BCUT2D eigenvalue weighted by atomic mass is 32.2. The van der Waals surface area contributed by atoms with E-state index >= 15 is 0 Å². The Bertz CT molecular complexity index is 224. The molecule has 2 saturated heterocycles. The maximum absolute atomic E-state index is 3.72. The highest BCUT2D eigenvalue weighted by molar-refractivity contribution is 7.99. The summed E-state index contributed by atoms with van der Waals surface area (Å²) in [6.45, 7) is 9.48. The first-order chi connectivity index (χ1) is 7.55. The molecular formula is C12H25N3S. The third-order valence-corrected chi connectivity index (χ3v) is 5.10. The molecule has 0 bridgehead atoms. The molecule has 0 aromatic heterocycles. The minimum atomic E-state index is 0.507. The summed E-state index contributed by atoms with van der Waals surface area (Å²) in [6.07, 6.45) is 1.31. The number of hydrogen-bond acceptors (Lipinski definition) is 4. The number of likely N-dealkylation sites (N-methyl/N-ethyl adjacent to an activating group) is 1. The first-order valence-electron chi connectivity index (χ1n) is 6.33. The molecule has 2 fully saturated rings. The van der Waals surface area contributed by atoms with Crippen LogP contribution in [0.1, 0.15) is 20.3 Å².